The maximum absolute atomic E-state index is 12.3. The van der Waals surface area contributed by atoms with Gasteiger partial charge in [-0.15, -0.1) is 0 Å². The molecular formula is C23H18BrClN2O3. The number of nitrogens with zero attached hydrogens (tertiary/aromatic N) is 1. The fourth-order valence-electron chi connectivity index (χ4n) is 3.08. The van der Waals surface area contributed by atoms with Gasteiger partial charge in [-0.25, -0.2) is 4.98 Å². The van der Waals surface area contributed by atoms with Crippen LogP contribution >= 0.6 is 27.5 Å². The first-order valence-electron chi connectivity index (χ1n) is 9.25. The molecule has 152 valence electrons. The molecule has 0 aliphatic rings. The number of aromatic nitrogens is 1. The van der Waals surface area contributed by atoms with Gasteiger partial charge in [-0.3, -0.25) is 4.79 Å². The number of oxazole rings is 1. The minimum absolute atomic E-state index is 0.0837. The van der Waals surface area contributed by atoms with Gasteiger partial charge in [-0.2, -0.15) is 0 Å². The third kappa shape index (κ3) is 4.50. The lowest BCUT2D eigenvalue weighted by Crippen LogP contribution is -2.20. The van der Waals surface area contributed by atoms with E-state index in [1.54, 1.807) is 24.3 Å². The Morgan fingerprint density at radius 1 is 1.13 bits per heavy atom. The molecule has 1 aromatic heterocycles. The average Bonchev–Trinajstić information content (AvgIpc) is 3.12. The molecule has 0 bridgehead atoms. The molecule has 0 saturated carbocycles. The van der Waals surface area contributed by atoms with Gasteiger partial charge in [0.2, 0.25) is 5.89 Å². The smallest absolute Gasteiger partial charge is 0.262 e. The van der Waals surface area contributed by atoms with E-state index in [1.807, 2.05) is 44.2 Å². The number of amides is 1. The number of ether oxygens (including phenoxy) is 1. The molecule has 7 heteroatoms. The van der Waals surface area contributed by atoms with Crippen molar-refractivity contribution in [2.24, 2.45) is 0 Å². The molecule has 1 heterocycles. The fraction of sp³-hybridized carbons (Fsp3) is 0.130. The Hall–Kier alpha value is -2.83. The number of fused-ring (bicyclic) bond motifs is 1. The van der Waals surface area contributed by atoms with E-state index in [1.165, 1.54) is 0 Å². The quantitative estimate of drug-likeness (QED) is 0.348. The number of nitrogens with one attached hydrogen (secondary N) is 1. The van der Waals surface area contributed by atoms with Gasteiger partial charge in [0.1, 0.15) is 11.3 Å². The van der Waals surface area contributed by atoms with Crippen LogP contribution in [-0.2, 0) is 4.79 Å². The van der Waals surface area contributed by atoms with Gasteiger partial charge >= 0.3 is 0 Å². The van der Waals surface area contributed by atoms with Crippen LogP contribution in [0, 0.1) is 13.8 Å². The van der Waals surface area contributed by atoms with Gasteiger partial charge in [-0.1, -0.05) is 45.2 Å². The summed E-state index contributed by atoms with van der Waals surface area (Å²) in [6.07, 6.45) is 0. The number of carbonyl (C=O) groups is 1. The maximum atomic E-state index is 12.3. The SMILES string of the molecule is Cc1ccc(OCC(=O)Nc2ccc3oc(-c4cc(Br)ccc4Cl)nc3c2)c(C)c1. The lowest BCUT2D eigenvalue weighted by atomic mass is 10.1. The van der Waals surface area contributed by atoms with Crippen molar-refractivity contribution in [2.75, 3.05) is 11.9 Å². The highest BCUT2D eigenvalue weighted by atomic mass is 79.9. The van der Waals surface area contributed by atoms with E-state index in [9.17, 15) is 4.79 Å². The van der Waals surface area contributed by atoms with Crippen LogP contribution in [0.5, 0.6) is 5.75 Å². The Balaban J connectivity index is 1.48. The van der Waals surface area contributed by atoms with Gasteiger partial charge in [0, 0.05) is 10.2 Å². The van der Waals surface area contributed by atoms with Gasteiger partial charge in [0.15, 0.2) is 12.2 Å². The molecule has 4 rings (SSSR count). The van der Waals surface area contributed by atoms with Crippen molar-refractivity contribution in [2.45, 2.75) is 13.8 Å². The molecule has 0 radical (unpaired) electrons. The average molecular weight is 486 g/mol. The van der Waals surface area contributed by atoms with Crippen molar-refractivity contribution in [3.63, 3.8) is 0 Å². The van der Waals surface area contributed by atoms with Gasteiger partial charge < -0.3 is 14.5 Å². The summed E-state index contributed by atoms with van der Waals surface area (Å²) in [5.74, 6) is 0.851. The zero-order valence-electron chi connectivity index (χ0n) is 16.3. The van der Waals surface area contributed by atoms with E-state index in [0.29, 0.717) is 39.0 Å². The number of carbonyl (C=O) groups excluding carboxylic acids is 1. The molecule has 0 saturated heterocycles. The molecule has 0 aliphatic carbocycles. The monoisotopic (exact) mass is 484 g/mol. The standard InChI is InChI=1S/C23H18BrClN2O3/c1-13-3-7-20(14(2)9-13)29-12-22(28)26-16-5-8-21-19(11-16)27-23(30-21)17-10-15(24)4-6-18(17)25/h3-11H,12H2,1-2H3,(H,26,28). The van der Waals surface area contributed by atoms with Crippen LogP contribution in [0.3, 0.4) is 0 Å². The first kappa shape index (κ1) is 20.4. The molecule has 0 fully saturated rings. The van der Waals surface area contributed by atoms with Crippen LogP contribution in [0.2, 0.25) is 5.02 Å². The van der Waals surface area contributed by atoms with E-state index in [-0.39, 0.29) is 12.5 Å². The second-order valence-corrected chi connectivity index (χ2v) is 8.25. The highest BCUT2D eigenvalue weighted by molar-refractivity contribution is 9.10. The van der Waals surface area contributed by atoms with Crippen molar-refractivity contribution in [3.8, 4) is 17.2 Å². The molecule has 1 N–H and O–H groups in total. The maximum Gasteiger partial charge on any atom is 0.262 e. The molecule has 4 aromatic rings. The fourth-order valence-corrected chi connectivity index (χ4v) is 3.64. The van der Waals surface area contributed by atoms with Gasteiger partial charge in [0.25, 0.3) is 5.91 Å². The molecule has 30 heavy (non-hydrogen) atoms. The van der Waals surface area contributed by atoms with E-state index < -0.39 is 0 Å². The van der Waals surface area contributed by atoms with Crippen LogP contribution in [-0.4, -0.2) is 17.5 Å². The Morgan fingerprint density at radius 3 is 2.77 bits per heavy atom. The van der Waals surface area contributed by atoms with Crippen molar-refractivity contribution < 1.29 is 13.9 Å². The first-order valence-corrected chi connectivity index (χ1v) is 10.4. The summed E-state index contributed by atoms with van der Waals surface area (Å²) in [6.45, 7) is 3.88. The molecule has 0 atom stereocenters. The number of rotatable bonds is 5. The van der Waals surface area contributed by atoms with Crippen molar-refractivity contribution in [3.05, 3.63) is 75.2 Å². The van der Waals surface area contributed by atoms with Crippen molar-refractivity contribution in [1.29, 1.82) is 0 Å². The van der Waals surface area contributed by atoms with Crippen LogP contribution in [0.1, 0.15) is 11.1 Å². The Labute approximate surface area is 187 Å². The van der Waals surface area contributed by atoms with Crippen molar-refractivity contribution >= 4 is 50.2 Å². The Kier molecular flexibility index (Phi) is 5.79. The van der Waals surface area contributed by atoms with Gasteiger partial charge in [-0.05, 0) is 61.9 Å². The molecule has 3 aromatic carbocycles. The molecule has 0 unspecified atom stereocenters. The summed E-state index contributed by atoms with van der Waals surface area (Å²) in [6, 6.07) is 16.6. The van der Waals surface area contributed by atoms with E-state index in [0.717, 1.165) is 15.6 Å². The highest BCUT2D eigenvalue weighted by Crippen LogP contribution is 2.33. The molecule has 1 amide bonds. The van der Waals surface area contributed by atoms with Crippen LogP contribution in [0.4, 0.5) is 5.69 Å². The summed E-state index contributed by atoms with van der Waals surface area (Å²) in [5.41, 5.74) is 4.66. The topological polar surface area (TPSA) is 64.4 Å². The second-order valence-electron chi connectivity index (χ2n) is 6.93. The number of halogens is 2. The largest absolute Gasteiger partial charge is 0.483 e. The molecule has 0 aliphatic heterocycles. The van der Waals surface area contributed by atoms with Crippen LogP contribution < -0.4 is 10.1 Å². The minimum Gasteiger partial charge on any atom is -0.483 e. The predicted molar refractivity (Wildman–Crippen MR) is 122 cm³/mol. The van der Waals surface area contributed by atoms with E-state index in [2.05, 4.69) is 26.2 Å². The molecule has 5 nitrogen and oxygen atoms in total. The van der Waals surface area contributed by atoms with Crippen LogP contribution in [0.15, 0.2) is 63.5 Å². The van der Waals surface area contributed by atoms with Crippen molar-refractivity contribution in [1.82, 2.24) is 4.98 Å². The number of benzene rings is 3. The predicted octanol–water partition coefficient (Wildman–Crippen LogP) is 6.55. The lowest BCUT2D eigenvalue weighted by Gasteiger charge is -2.10. The Morgan fingerprint density at radius 2 is 1.97 bits per heavy atom. The zero-order valence-corrected chi connectivity index (χ0v) is 18.7. The molecular weight excluding hydrogens is 468 g/mol. The second kappa shape index (κ2) is 8.50. The summed E-state index contributed by atoms with van der Waals surface area (Å²) in [5, 5.41) is 3.37. The number of aryl methyl sites for hydroxylation is 2. The third-order valence-electron chi connectivity index (χ3n) is 4.52. The summed E-state index contributed by atoms with van der Waals surface area (Å²) < 4.78 is 12.3. The minimum atomic E-state index is -0.256. The normalized spacial score (nSPS) is 10.9. The highest BCUT2D eigenvalue weighted by Gasteiger charge is 2.13. The zero-order chi connectivity index (χ0) is 21.3. The first-order chi connectivity index (χ1) is 14.4. The number of anilines is 1. The molecule has 0 spiro atoms. The third-order valence-corrected chi connectivity index (χ3v) is 5.34. The lowest BCUT2D eigenvalue weighted by molar-refractivity contribution is -0.118. The summed E-state index contributed by atoms with van der Waals surface area (Å²) in [4.78, 5) is 16.8. The van der Waals surface area contributed by atoms with E-state index in [4.69, 9.17) is 20.8 Å². The van der Waals surface area contributed by atoms with E-state index >= 15 is 0 Å². The Bertz CT molecular complexity index is 1250. The number of hydrogen-bond donors (Lipinski definition) is 1. The summed E-state index contributed by atoms with van der Waals surface area (Å²) >= 11 is 9.70. The van der Waals surface area contributed by atoms with Crippen LogP contribution in [0.25, 0.3) is 22.6 Å². The van der Waals surface area contributed by atoms with Gasteiger partial charge in [0.05, 0.1) is 10.6 Å². The number of hydrogen-bond acceptors (Lipinski definition) is 4. The summed E-state index contributed by atoms with van der Waals surface area (Å²) in [7, 11) is 0.